The van der Waals surface area contributed by atoms with Gasteiger partial charge in [0.1, 0.15) is 12.3 Å². The van der Waals surface area contributed by atoms with Crippen LogP contribution in [0.25, 0.3) is 11.4 Å². The fourth-order valence-electron chi connectivity index (χ4n) is 2.53. The molecule has 2 aromatic carbocycles. The molecule has 0 aliphatic carbocycles. The number of urea groups is 1. The van der Waals surface area contributed by atoms with Gasteiger partial charge in [-0.25, -0.2) is 4.79 Å². The Hall–Kier alpha value is -3.35. The number of anilines is 1. The summed E-state index contributed by atoms with van der Waals surface area (Å²) < 4.78 is 10.5. The van der Waals surface area contributed by atoms with E-state index in [0.717, 1.165) is 17.0 Å². The monoisotopic (exact) mass is 366 g/mol. The predicted molar refractivity (Wildman–Crippen MR) is 102 cm³/mol. The molecule has 2 amide bonds. The number of nitrogens with zero attached hydrogens (tertiary/aromatic N) is 3. The molecule has 7 heteroatoms. The zero-order valence-electron chi connectivity index (χ0n) is 15.5. The molecule has 1 heterocycles. The van der Waals surface area contributed by atoms with Crippen molar-refractivity contribution >= 4 is 11.7 Å². The first kappa shape index (κ1) is 18.4. The quantitative estimate of drug-likeness (QED) is 0.707. The summed E-state index contributed by atoms with van der Waals surface area (Å²) in [7, 11) is 1.61. The van der Waals surface area contributed by atoms with Gasteiger partial charge in [-0.3, -0.25) is 0 Å². The second-order valence-electron chi connectivity index (χ2n) is 6.26. The maximum atomic E-state index is 12.6. The third-order valence-electron chi connectivity index (χ3n) is 4.03. The minimum atomic E-state index is -0.222. The minimum Gasteiger partial charge on any atom is -0.497 e. The number of hydrogen-bond acceptors (Lipinski definition) is 5. The molecule has 0 aliphatic rings. The highest BCUT2D eigenvalue weighted by atomic mass is 16.5. The lowest BCUT2D eigenvalue weighted by atomic mass is 10.2. The van der Waals surface area contributed by atoms with Gasteiger partial charge in [0.15, 0.2) is 0 Å². The number of benzene rings is 2. The highest BCUT2D eigenvalue weighted by molar-refractivity contribution is 5.89. The second-order valence-corrected chi connectivity index (χ2v) is 6.26. The van der Waals surface area contributed by atoms with Crippen LogP contribution < -0.4 is 10.1 Å². The number of nitrogens with one attached hydrogen (secondary N) is 1. The molecule has 0 bridgehead atoms. The van der Waals surface area contributed by atoms with Crippen LogP contribution >= 0.6 is 0 Å². The zero-order valence-corrected chi connectivity index (χ0v) is 15.5. The molecule has 0 atom stereocenters. The van der Waals surface area contributed by atoms with E-state index in [1.807, 2.05) is 68.4 Å². The van der Waals surface area contributed by atoms with Gasteiger partial charge < -0.3 is 19.5 Å². The molecule has 3 rings (SSSR count). The number of aromatic nitrogens is 2. The van der Waals surface area contributed by atoms with Crippen molar-refractivity contribution in [1.82, 2.24) is 15.0 Å². The van der Waals surface area contributed by atoms with E-state index in [1.165, 1.54) is 0 Å². The molecule has 27 heavy (non-hydrogen) atoms. The largest absolute Gasteiger partial charge is 0.497 e. The van der Waals surface area contributed by atoms with E-state index < -0.39 is 0 Å². The van der Waals surface area contributed by atoms with E-state index in [9.17, 15) is 4.79 Å². The van der Waals surface area contributed by atoms with Crippen molar-refractivity contribution in [2.75, 3.05) is 12.4 Å². The molecule has 7 nitrogen and oxygen atoms in total. The van der Waals surface area contributed by atoms with Crippen molar-refractivity contribution in [1.29, 1.82) is 0 Å². The van der Waals surface area contributed by atoms with Gasteiger partial charge in [-0.15, -0.1) is 0 Å². The van der Waals surface area contributed by atoms with E-state index in [1.54, 1.807) is 12.0 Å². The second kappa shape index (κ2) is 8.35. The molecule has 140 valence electrons. The Morgan fingerprint density at radius 1 is 1.15 bits per heavy atom. The Balaban J connectivity index is 1.71. The van der Waals surface area contributed by atoms with Crippen molar-refractivity contribution in [2.24, 2.45) is 0 Å². The third-order valence-corrected chi connectivity index (χ3v) is 4.03. The van der Waals surface area contributed by atoms with Crippen LogP contribution in [-0.4, -0.2) is 34.2 Å². The Morgan fingerprint density at radius 2 is 1.85 bits per heavy atom. The number of rotatable bonds is 6. The first-order valence-corrected chi connectivity index (χ1v) is 8.66. The molecule has 1 N–H and O–H groups in total. The van der Waals surface area contributed by atoms with Gasteiger partial charge in [-0.05, 0) is 50.2 Å². The molecule has 3 aromatic rings. The van der Waals surface area contributed by atoms with Crippen molar-refractivity contribution < 1.29 is 14.1 Å². The Kier molecular flexibility index (Phi) is 5.71. The molecule has 0 spiro atoms. The maximum Gasteiger partial charge on any atom is 0.322 e. The first-order chi connectivity index (χ1) is 13.1. The lowest BCUT2D eigenvalue weighted by Crippen LogP contribution is -2.39. The van der Waals surface area contributed by atoms with Gasteiger partial charge in [-0.1, -0.05) is 23.4 Å². The molecule has 1 aromatic heterocycles. The van der Waals surface area contributed by atoms with E-state index >= 15 is 0 Å². The lowest BCUT2D eigenvalue weighted by Gasteiger charge is -2.25. The zero-order chi connectivity index (χ0) is 19.2. The summed E-state index contributed by atoms with van der Waals surface area (Å²) in [5.41, 5.74) is 1.55. The smallest absolute Gasteiger partial charge is 0.322 e. The highest BCUT2D eigenvalue weighted by Crippen LogP contribution is 2.20. The van der Waals surface area contributed by atoms with Gasteiger partial charge in [0.25, 0.3) is 0 Å². The number of hydrogen-bond donors (Lipinski definition) is 1. The number of carbonyl (C=O) groups is 1. The Bertz CT molecular complexity index is 876. The number of para-hydroxylation sites is 1. The molecule has 0 aliphatic heterocycles. The van der Waals surface area contributed by atoms with E-state index in [-0.39, 0.29) is 18.6 Å². The van der Waals surface area contributed by atoms with Gasteiger partial charge in [-0.2, -0.15) is 4.98 Å². The van der Waals surface area contributed by atoms with Crippen LogP contribution in [0.2, 0.25) is 0 Å². The van der Waals surface area contributed by atoms with E-state index in [2.05, 4.69) is 15.5 Å². The summed E-state index contributed by atoms with van der Waals surface area (Å²) >= 11 is 0. The van der Waals surface area contributed by atoms with Gasteiger partial charge in [0.05, 0.1) is 7.11 Å². The van der Waals surface area contributed by atoms with Crippen molar-refractivity contribution in [3.63, 3.8) is 0 Å². The molecule has 0 saturated heterocycles. The topological polar surface area (TPSA) is 80.5 Å². The van der Waals surface area contributed by atoms with Crippen molar-refractivity contribution in [3.05, 3.63) is 60.5 Å². The molecule has 0 unspecified atom stereocenters. The number of methoxy groups -OCH3 is 1. The summed E-state index contributed by atoms with van der Waals surface area (Å²) in [6.07, 6.45) is 0. The van der Waals surface area contributed by atoms with Crippen LogP contribution in [0.3, 0.4) is 0 Å². The Labute approximate surface area is 158 Å². The van der Waals surface area contributed by atoms with Crippen LogP contribution in [0, 0.1) is 0 Å². The molecule has 0 radical (unpaired) electrons. The summed E-state index contributed by atoms with van der Waals surface area (Å²) in [6.45, 7) is 4.09. The number of amides is 2. The first-order valence-electron chi connectivity index (χ1n) is 8.66. The van der Waals surface area contributed by atoms with E-state index in [4.69, 9.17) is 9.26 Å². The fourth-order valence-corrected chi connectivity index (χ4v) is 2.53. The number of ether oxygens (including phenoxy) is 1. The fraction of sp³-hybridized carbons (Fsp3) is 0.250. The highest BCUT2D eigenvalue weighted by Gasteiger charge is 2.21. The summed E-state index contributed by atoms with van der Waals surface area (Å²) in [5.74, 6) is 1.60. The predicted octanol–water partition coefficient (Wildman–Crippen LogP) is 4.19. The normalized spacial score (nSPS) is 10.7. The van der Waals surface area contributed by atoms with Gasteiger partial charge in [0, 0.05) is 17.3 Å². The van der Waals surface area contributed by atoms with Crippen molar-refractivity contribution in [2.45, 2.75) is 26.4 Å². The van der Waals surface area contributed by atoms with Gasteiger partial charge in [0.2, 0.25) is 11.7 Å². The summed E-state index contributed by atoms with van der Waals surface area (Å²) in [4.78, 5) is 18.7. The SMILES string of the molecule is COc1ccc(-c2noc(CN(C(=O)Nc3ccccc3)C(C)C)n2)cc1. The molecule has 0 saturated carbocycles. The van der Waals surface area contributed by atoms with E-state index in [0.29, 0.717) is 11.7 Å². The van der Waals surface area contributed by atoms with Crippen LogP contribution in [-0.2, 0) is 6.54 Å². The lowest BCUT2D eigenvalue weighted by molar-refractivity contribution is 0.182. The Morgan fingerprint density at radius 3 is 2.48 bits per heavy atom. The third kappa shape index (κ3) is 4.63. The van der Waals surface area contributed by atoms with Crippen LogP contribution in [0.1, 0.15) is 19.7 Å². The summed E-state index contributed by atoms with van der Waals surface area (Å²) in [6, 6.07) is 16.4. The van der Waals surface area contributed by atoms with Crippen molar-refractivity contribution in [3.8, 4) is 17.1 Å². The average Bonchev–Trinajstić information content (AvgIpc) is 3.15. The molecular formula is C20H22N4O3. The van der Waals surface area contributed by atoms with Crippen LogP contribution in [0.5, 0.6) is 5.75 Å². The molecular weight excluding hydrogens is 344 g/mol. The average molecular weight is 366 g/mol. The molecule has 0 fully saturated rings. The van der Waals surface area contributed by atoms with Crippen LogP contribution in [0.4, 0.5) is 10.5 Å². The summed E-state index contributed by atoms with van der Waals surface area (Å²) in [5, 5.41) is 6.89. The standard InChI is InChI=1S/C20H22N4O3/c1-14(2)24(20(25)21-16-7-5-4-6-8-16)13-18-22-19(23-27-18)15-9-11-17(26-3)12-10-15/h4-12,14H,13H2,1-3H3,(H,21,25). The van der Waals surface area contributed by atoms with Gasteiger partial charge >= 0.3 is 6.03 Å². The number of carbonyl (C=O) groups excluding carboxylic acids is 1. The van der Waals surface area contributed by atoms with Crippen LogP contribution in [0.15, 0.2) is 59.1 Å². The maximum absolute atomic E-state index is 12.6. The minimum absolute atomic E-state index is 0.0370.